The van der Waals surface area contributed by atoms with Crippen molar-refractivity contribution < 1.29 is 9.73 Å². The molecule has 0 bridgehead atoms. The van der Waals surface area contributed by atoms with Crippen molar-refractivity contribution in [2.75, 3.05) is 12.4 Å². The van der Waals surface area contributed by atoms with Crippen LogP contribution in [0.3, 0.4) is 0 Å². The van der Waals surface area contributed by atoms with Crippen LogP contribution in [0.1, 0.15) is 25.3 Å². The molecule has 1 saturated carbocycles. The Morgan fingerprint density at radius 3 is 2.58 bits per heavy atom. The molecule has 24 heavy (non-hydrogen) atoms. The topological polar surface area (TPSA) is 96.8 Å². The van der Waals surface area contributed by atoms with E-state index in [2.05, 4.69) is 24.1 Å². The summed E-state index contributed by atoms with van der Waals surface area (Å²) in [7, 11) is 0. The maximum absolute atomic E-state index is 10.3. The van der Waals surface area contributed by atoms with Crippen molar-refractivity contribution in [2.24, 2.45) is 16.6 Å². The average Bonchev–Trinajstić information content (AvgIpc) is 2.85. The Morgan fingerprint density at radius 1 is 1.29 bits per heavy atom. The highest BCUT2D eigenvalue weighted by molar-refractivity contribution is 8.00. The predicted octanol–water partition coefficient (Wildman–Crippen LogP) is 0.627. The number of amidine groups is 1. The van der Waals surface area contributed by atoms with Gasteiger partial charge in [-0.25, -0.2) is 4.99 Å². The fraction of sp³-hybridized carbons (Fsp3) is 0.500. The van der Waals surface area contributed by atoms with Crippen molar-refractivity contribution in [1.29, 1.82) is 10.5 Å². The summed E-state index contributed by atoms with van der Waals surface area (Å²) >= 11 is 1.56. The summed E-state index contributed by atoms with van der Waals surface area (Å²) in [5, 5.41) is 19.6. The summed E-state index contributed by atoms with van der Waals surface area (Å²) in [5.74, 6) is 1.15. The Morgan fingerprint density at radius 2 is 2.04 bits per heavy atom. The van der Waals surface area contributed by atoms with Gasteiger partial charge < -0.3 is 4.74 Å². The SMILES string of the molecule is CCC[C@@]1(c2ccccc2)[C@]2(C#N)C(N)=[NH+][C@@]3(OCCS3)[C@@]21C#N. The molecule has 2 fully saturated rings. The number of hydrogen-bond acceptors (Lipinski definition) is 5. The standard InChI is InChI=1S/C18H18N4OS/c1-2-8-15(13-6-4-3-5-7-13)16(11-19)14(21)22-18(17(15,16)12-20)23-9-10-24-18/h3-7H,2,8-10H2,1H3,(H2,21,22)/p+1/t15-,16+,17-,18-/m1/s1. The van der Waals surface area contributed by atoms with Crippen molar-refractivity contribution in [2.45, 2.75) is 30.2 Å². The minimum absolute atomic E-state index is 0.373. The molecule has 5 nitrogen and oxygen atoms in total. The molecule has 2 heterocycles. The molecule has 0 aromatic heterocycles. The van der Waals surface area contributed by atoms with Gasteiger partial charge in [0.1, 0.15) is 0 Å². The first kappa shape index (κ1) is 15.5. The van der Waals surface area contributed by atoms with Crippen LogP contribution >= 0.6 is 11.8 Å². The molecule has 4 atom stereocenters. The Kier molecular flexibility index (Phi) is 3.07. The third-order valence-corrected chi connectivity index (χ3v) is 7.20. The molecule has 1 saturated heterocycles. The Bertz CT molecular complexity index is 805. The highest BCUT2D eigenvalue weighted by Crippen LogP contribution is 2.85. The van der Waals surface area contributed by atoms with E-state index in [4.69, 9.17) is 10.5 Å². The van der Waals surface area contributed by atoms with Gasteiger partial charge in [0.25, 0.3) is 10.9 Å². The van der Waals surface area contributed by atoms with E-state index in [0.29, 0.717) is 18.9 Å². The van der Waals surface area contributed by atoms with Crippen LogP contribution in [0.5, 0.6) is 0 Å². The second-order valence-corrected chi connectivity index (χ2v) is 7.87. The largest absolute Gasteiger partial charge is 0.327 e. The monoisotopic (exact) mass is 339 g/mol. The zero-order chi connectivity index (χ0) is 17.1. The smallest absolute Gasteiger partial charge is 0.278 e. The number of thioether (sulfide) groups is 1. The normalized spacial score (nSPS) is 42.2. The van der Waals surface area contributed by atoms with Gasteiger partial charge in [-0.1, -0.05) is 55.4 Å². The summed E-state index contributed by atoms with van der Waals surface area (Å²) in [6.07, 6.45) is 1.57. The highest BCUT2D eigenvalue weighted by atomic mass is 32.2. The molecule has 1 aromatic carbocycles. The molecule has 2 aliphatic heterocycles. The van der Waals surface area contributed by atoms with Crippen LogP contribution in [-0.4, -0.2) is 23.3 Å². The number of nitrogens with zero attached hydrogens (tertiary/aromatic N) is 2. The van der Waals surface area contributed by atoms with Gasteiger partial charge in [-0.05, 0) is 12.0 Å². The maximum atomic E-state index is 10.3. The summed E-state index contributed by atoms with van der Waals surface area (Å²) in [5.41, 5.74) is 4.62. The van der Waals surface area contributed by atoms with Crippen molar-refractivity contribution in [1.82, 2.24) is 0 Å². The minimum atomic E-state index is -1.07. The lowest BCUT2D eigenvalue weighted by molar-refractivity contribution is -0.584. The number of ether oxygens (including phenoxy) is 1. The van der Waals surface area contributed by atoms with Gasteiger partial charge in [-0.3, -0.25) is 5.73 Å². The third-order valence-electron chi connectivity index (χ3n) is 5.90. The van der Waals surface area contributed by atoms with Gasteiger partial charge in [-0.15, -0.1) is 0 Å². The Balaban J connectivity index is 2.05. The lowest BCUT2D eigenvalue weighted by atomic mass is 9.80. The first-order valence-electron chi connectivity index (χ1n) is 8.19. The van der Waals surface area contributed by atoms with E-state index in [1.165, 1.54) is 0 Å². The molecular formula is C18H19N4OS+. The number of nitrogens with two attached hydrogens (primary N) is 1. The predicted molar refractivity (Wildman–Crippen MR) is 90.4 cm³/mol. The van der Waals surface area contributed by atoms with Crippen LogP contribution in [0.2, 0.25) is 0 Å². The minimum Gasteiger partial charge on any atom is -0.327 e. The Labute approximate surface area is 145 Å². The first-order valence-corrected chi connectivity index (χ1v) is 9.18. The van der Waals surface area contributed by atoms with Gasteiger partial charge in [0, 0.05) is 5.75 Å². The van der Waals surface area contributed by atoms with Crippen LogP contribution < -0.4 is 10.7 Å². The molecule has 3 aliphatic rings. The molecule has 1 spiro atoms. The molecule has 1 aliphatic carbocycles. The van der Waals surface area contributed by atoms with E-state index in [1.807, 2.05) is 30.3 Å². The van der Waals surface area contributed by atoms with Gasteiger partial charge in [0.05, 0.1) is 24.2 Å². The number of hydrogen-bond donors (Lipinski definition) is 2. The van der Waals surface area contributed by atoms with E-state index in [-0.39, 0.29) is 0 Å². The summed E-state index contributed by atoms with van der Waals surface area (Å²) in [6.45, 7) is 2.63. The quantitative estimate of drug-likeness (QED) is 0.842. The van der Waals surface area contributed by atoms with E-state index in [0.717, 1.165) is 17.7 Å². The molecule has 0 unspecified atom stereocenters. The van der Waals surface area contributed by atoms with Gasteiger partial charge in [0.15, 0.2) is 10.8 Å². The molecule has 6 heteroatoms. The fourth-order valence-corrected chi connectivity index (χ4v) is 6.59. The van der Waals surface area contributed by atoms with Gasteiger partial charge >= 0.3 is 0 Å². The Hall–Kier alpha value is -2.02. The maximum Gasteiger partial charge on any atom is 0.278 e. The van der Waals surface area contributed by atoms with Crippen LogP contribution in [0.15, 0.2) is 30.3 Å². The summed E-state index contributed by atoms with van der Waals surface area (Å²) in [4.78, 5) is 3.19. The van der Waals surface area contributed by atoms with Crippen LogP contribution in [0.25, 0.3) is 0 Å². The second kappa shape index (κ2) is 4.75. The second-order valence-electron chi connectivity index (χ2n) is 6.60. The van der Waals surface area contributed by atoms with Crippen molar-refractivity contribution >= 4 is 17.6 Å². The lowest BCUT2D eigenvalue weighted by Crippen LogP contribution is -2.88. The first-order chi connectivity index (χ1) is 11.6. The van der Waals surface area contributed by atoms with Crippen molar-refractivity contribution in [3.05, 3.63) is 35.9 Å². The number of fused-ring (bicyclic) bond motifs is 2. The number of rotatable bonds is 3. The van der Waals surface area contributed by atoms with E-state index >= 15 is 0 Å². The molecule has 0 amide bonds. The number of nitrogens with one attached hydrogen (secondary N) is 1. The van der Waals surface area contributed by atoms with E-state index in [9.17, 15) is 10.5 Å². The molecule has 4 rings (SSSR count). The summed E-state index contributed by atoms with van der Waals surface area (Å²) in [6, 6.07) is 14.8. The van der Waals surface area contributed by atoms with Crippen molar-refractivity contribution in [3.8, 4) is 12.1 Å². The number of nitriles is 2. The third kappa shape index (κ3) is 1.25. The van der Waals surface area contributed by atoms with Crippen LogP contribution in [0.4, 0.5) is 0 Å². The van der Waals surface area contributed by atoms with E-state index in [1.54, 1.807) is 11.8 Å². The molecular weight excluding hydrogens is 320 g/mol. The number of benzene rings is 1. The van der Waals surface area contributed by atoms with E-state index < -0.39 is 21.3 Å². The van der Waals surface area contributed by atoms with Crippen LogP contribution in [0, 0.1) is 33.5 Å². The zero-order valence-electron chi connectivity index (χ0n) is 13.5. The van der Waals surface area contributed by atoms with Gasteiger partial charge in [0.2, 0.25) is 0 Å². The fourth-order valence-electron chi connectivity index (χ4n) is 5.20. The zero-order valence-corrected chi connectivity index (χ0v) is 14.3. The molecule has 122 valence electrons. The van der Waals surface area contributed by atoms with Crippen LogP contribution in [-0.2, 0) is 10.2 Å². The lowest BCUT2D eigenvalue weighted by Gasteiger charge is -2.30. The average molecular weight is 339 g/mol. The highest BCUT2D eigenvalue weighted by Gasteiger charge is 3.03. The van der Waals surface area contributed by atoms with Gasteiger partial charge in [-0.2, -0.15) is 10.5 Å². The molecule has 1 aromatic rings. The van der Waals surface area contributed by atoms with Crippen molar-refractivity contribution in [3.63, 3.8) is 0 Å². The summed E-state index contributed by atoms with van der Waals surface area (Å²) < 4.78 is 6.05. The molecule has 0 radical (unpaired) electrons. The molecule has 3 N–H and O–H groups in total.